The van der Waals surface area contributed by atoms with Crippen molar-refractivity contribution in [2.24, 2.45) is 0 Å². The molecule has 0 radical (unpaired) electrons. The molecule has 152 valence electrons. The highest BCUT2D eigenvalue weighted by Crippen LogP contribution is 2.31. The summed E-state index contributed by atoms with van der Waals surface area (Å²) in [5.41, 5.74) is 1.76. The molecule has 0 saturated heterocycles. The van der Waals surface area contributed by atoms with Crippen molar-refractivity contribution in [2.45, 2.75) is 23.9 Å². The van der Waals surface area contributed by atoms with Crippen LogP contribution in [-0.4, -0.2) is 15.9 Å². The number of halogens is 2. The van der Waals surface area contributed by atoms with Gasteiger partial charge in [-0.05, 0) is 36.8 Å². The number of furan rings is 1. The number of thioether (sulfide) groups is 1. The predicted octanol–water partition coefficient (Wildman–Crippen LogP) is 5.28. The SMILES string of the molecule is C[C@@H](NC(=O)c1oc2ccccc2c1CSc1ncccn1)c1ccc(F)c(F)c1. The normalized spacial score (nSPS) is 12.1. The lowest BCUT2D eigenvalue weighted by Crippen LogP contribution is -2.27. The van der Waals surface area contributed by atoms with Crippen molar-refractivity contribution in [3.05, 3.63) is 89.4 Å². The summed E-state index contributed by atoms with van der Waals surface area (Å²) in [6.45, 7) is 1.69. The molecule has 0 spiro atoms. The predicted molar refractivity (Wildman–Crippen MR) is 110 cm³/mol. The number of aromatic nitrogens is 2. The monoisotopic (exact) mass is 425 g/mol. The van der Waals surface area contributed by atoms with Gasteiger partial charge in [0.2, 0.25) is 0 Å². The molecule has 2 aromatic carbocycles. The molecular formula is C22H17F2N3O2S. The fourth-order valence-corrected chi connectivity index (χ4v) is 3.88. The maximum Gasteiger partial charge on any atom is 0.287 e. The highest BCUT2D eigenvalue weighted by molar-refractivity contribution is 7.98. The Bertz CT molecular complexity index is 1200. The lowest BCUT2D eigenvalue weighted by Gasteiger charge is -2.14. The van der Waals surface area contributed by atoms with Crippen LogP contribution in [-0.2, 0) is 5.75 Å². The van der Waals surface area contributed by atoms with Crippen LogP contribution < -0.4 is 5.32 Å². The van der Waals surface area contributed by atoms with Gasteiger partial charge in [-0.3, -0.25) is 4.79 Å². The van der Waals surface area contributed by atoms with Crippen LogP contribution in [0.15, 0.2) is 70.5 Å². The number of nitrogens with one attached hydrogen (secondary N) is 1. The lowest BCUT2D eigenvalue weighted by atomic mass is 10.1. The minimum absolute atomic E-state index is 0.175. The number of fused-ring (bicyclic) bond motifs is 1. The largest absolute Gasteiger partial charge is 0.451 e. The maximum atomic E-state index is 13.5. The Morgan fingerprint density at radius 1 is 1.10 bits per heavy atom. The van der Waals surface area contributed by atoms with E-state index in [0.29, 0.717) is 22.1 Å². The summed E-state index contributed by atoms with van der Waals surface area (Å²) >= 11 is 1.39. The van der Waals surface area contributed by atoms with E-state index < -0.39 is 23.6 Å². The molecule has 0 unspecified atom stereocenters. The molecule has 4 rings (SSSR count). The molecule has 2 heterocycles. The van der Waals surface area contributed by atoms with E-state index in [4.69, 9.17) is 4.42 Å². The van der Waals surface area contributed by atoms with Crippen LogP contribution in [0, 0.1) is 11.6 Å². The molecule has 0 aliphatic heterocycles. The first-order valence-electron chi connectivity index (χ1n) is 9.19. The zero-order valence-electron chi connectivity index (χ0n) is 15.9. The Morgan fingerprint density at radius 3 is 2.63 bits per heavy atom. The van der Waals surface area contributed by atoms with Crippen molar-refractivity contribution < 1.29 is 18.0 Å². The minimum Gasteiger partial charge on any atom is -0.451 e. The van der Waals surface area contributed by atoms with Crippen LogP contribution in [0.4, 0.5) is 8.78 Å². The topological polar surface area (TPSA) is 68.0 Å². The molecule has 2 aromatic heterocycles. The number of amides is 1. The number of hydrogen-bond acceptors (Lipinski definition) is 5. The zero-order valence-corrected chi connectivity index (χ0v) is 16.7. The molecule has 30 heavy (non-hydrogen) atoms. The van der Waals surface area contributed by atoms with E-state index in [-0.39, 0.29) is 5.76 Å². The highest BCUT2D eigenvalue weighted by atomic mass is 32.2. The minimum atomic E-state index is -0.961. The van der Waals surface area contributed by atoms with Gasteiger partial charge in [0.25, 0.3) is 5.91 Å². The Balaban J connectivity index is 1.60. The molecular weight excluding hydrogens is 408 g/mol. The lowest BCUT2D eigenvalue weighted by molar-refractivity contribution is 0.0913. The summed E-state index contributed by atoms with van der Waals surface area (Å²) < 4.78 is 32.6. The molecule has 1 atom stereocenters. The first-order valence-corrected chi connectivity index (χ1v) is 10.2. The second-order valence-corrected chi connectivity index (χ2v) is 7.54. The molecule has 0 aliphatic rings. The van der Waals surface area contributed by atoms with Crippen molar-refractivity contribution in [1.82, 2.24) is 15.3 Å². The van der Waals surface area contributed by atoms with Gasteiger partial charge >= 0.3 is 0 Å². The van der Waals surface area contributed by atoms with E-state index in [0.717, 1.165) is 23.1 Å². The average molecular weight is 425 g/mol. The maximum absolute atomic E-state index is 13.5. The summed E-state index contributed by atoms with van der Waals surface area (Å²) in [4.78, 5) is 21.4. The zero-order chi connectivity index (χ0) is 21.1. The molecule has 8 heteroatoms. The Hall–Kier alpha value is -3.26. The number of hydrogen-bond donors (Lipinski definition) is 1. The third kappa shape index (κ3) is 4.18. The van der Waals surface area contributed by atoms with Crippen molar-refractivity contribution in [3.63, 3.8) is 0 Å². The Labute approximate surface area is 175 Å². The van der Waals surface area contributed by atoms with Gasteiger partial charge in [-0.15, -0.1) is 0 Å². The molecule has 0 aliphatic carbocycles. The number of carbonyl (C=O) groups excluding carboxylic acids is 1. The highest BCUT2D eigenvalue weighted by Gasteiger charge is 2.23. The number of rotatable bonds is 6. The second-order valence-electron chi connectivity index (χ2n) is 6.59. The first kappa shape index (κ1) is 20.0. The Morgan fingerprint density at radius 2 is 1.87 bits per heavy atom. The van der Waals surface area contributed by atoms with Crippen molar-refractivity contribution in [2.75, 3.05) is 0 Å². The average Bonchev–Trinajstić information content (AvgIpc) is 3.13. The van der Waals surface area contributed by atoms with E-state index >= 15 is 0 Å². The van der Waals surface area contributed by atoms with Crippen LogP contribution in [0.1, 0.15) is 34.6 Å². The smallest absolute Gasteiger partial charge is 0.287 e. The van der Waals surface area contributed by atoms with E-state index in [9.17, 15) is 13.6 Å². The summed E-state index contributed by atoms with van der Waals surface area (Å²) in [6.07, 6.45) is 3.31. The van der Waals surface area contributed by atoms with Gasteiger partial charge in [0.15, 0.2) is 22.6 Å². The van der Waals surface area contributed by atoms with Gasteiger partial charge in [-0.25, -0.2) is 18.7 Å². The molecule has 0 saturated carbocycles. The third-order valence-corrected chi connectivity index (χ3v) is 5.49. The summed E-state index contributed by atoms with van der Waals surface area (Å²) in [6, 6.07) is 12.1. The number of para-hydroxylation sites is 1. The van der Waals surface area contributed by atoms with Gasteiger partial charge in [-0.1, -0.05) is 36.0 Å². The van der Waals surface area contributed by atoms with Crippen LogP contribution in [0.2, 0.25) is 0 Å². The van der Waals surface area contributed by atoms with Crippen molar-refractivity contribution in [3.8, 4) is 0 Å². The fraction of sp³-hybridized carbons (Fsp3) is 0.136. The number of carbonyl (C=O) groups is 1. The molecule has 1 N–H and O–H groups in total. The van der Waals surface area contributed by atoms with Gasteiger partial charge in [0, 0.05) is 29.1 Å². The first-order chi connectivity index (χ1) is 14.5. The van der Waals surface area contributed by atoms with Crippen LogP contribution in [0.5, 0.6) is 0 Å². The summed E-state index contributed by atoms with van der Waals surface area (Å²) in [5, 5.41) is 4.21. The van der Waals surface area contributed by atoms with Crippen molar-refractivity contribution in [1.29, 1.82) is 0 Å². The Kier molecular flexibility index (Phi) is 5.76. The summed E-state index contributed by atoms with van der Waals surface area (Å²) in [7, 11) is 0. The summed E-state index contributed by atoms with van der Waals surface area (Å²) in [5.74, 6) is -1.72. The molecule has 0 bridgehead atoms. The van der Waals surface area contributed by atoms with E-state index in [1.54, 1.807) is 31.5 Å². The third-order valence-electron chi connectivity index (χ3n) is 4.58. The van der Waals surface area contributed by atoms with Crippen LogP contribution in [0.3, 0.4) is 0 Å². The quantitative estimate of drug-likeness (QED) is 0.336. The number of benzene rings is 2. The number of nitrogens with zero attached hydrogens (tertiary/aromatic N) is 2. The van der Waals surface area contributed by atoms with Gasteiger partial charge < -0.3 is 9.73 Å². The van der Waals surface area contributed by atoms with Gasteiger partial charge in [0.05, 0.1) is 6.04 Å². The van der Waals surface area contributed by atoms with Crippen molar-refractivity contribution >= 4 is 28.6 Å². The second kappa shape index (κ2) is 8.62. The van der Waals surface area contributed by atoms with Crippen LogP contribution in [0.25, 0.3) is 11.0 Å². The molecule has 4 aromatic rings. The molecule has 0 fully saturated rings. The standard InChI is InChI=1S/C22H17F2N3O2S/c1-13(14-7-8-17(23)18(24)11-14)27-21(28)20-16(12-30-22-25-9-4-10-26-22)15-5-2-3-6-19(15)29-20/h2-11,13H,12H2,1H3,(H,27,28)/t13-/m1/s1. The van der Waals surface area contributed by atoms with E-state index in [1.165, 1.54) is 17.8 Å². The molecule has 1 amide bonds. The van der Waals surface area contributed by atoms with Gasteiger partial charge in [-0.2, -0.15) is 0 Å². The fourth-order valence-electron chi connectivity index (χ4n) is 3.05. The molecule has 5 nitrogen and oxygen atoms in total. The van der Waals surface area contributed by atoms with Gasteiger partial charge in [0.1, 0.15) is 5.58 Å². The van der Waals surface area contributed by atoms with Crippen LogP contribution >= 0.6 is 11.8 Å². The van der Waals surface area contributed by atoms with E-state index in [2.05, 4.69) is 15.3 Å². The van der Waals surface area contributed by atoms with E-state index in [1.807, 2.05) is 18.2 Å².